The fourth-order valence-electron chi connectivity index (χ4n) is 2.91. The van der Waals surface area contributed by atoms with Crippen LogP contribution in [0.3, 0.4) is 0 Å². The van der Waals surface area contributed by atoms with E-state index in [2.05, 4.69) is 17.2 Å². The molecule has 140 valence electrons. The Morgan fingerprint density at radius 1 is 1.15 bits per heavy atom. The van der Waals surface area contributed by atoms with Crippen LogP contribution < -0.4 is 5.32 Å². The smallest absolute Gasteiger partial charge is 0.242 e. The minimum atomic E-state index is -0.157. The summed E-state index contributed by atoms with van der Waals surface area (Å²) < 4.78 is 0. The van der Waals surface area contributed by atoms with Gasteiger partial charge in [-0.3, -0.25) is 9.59 Å². The Morgan fingerprint density at radius 3 is 2.70 bits per heavy atom. The van der Waals surface area contributed by atoms with Crippen molar-refractivity contribution >= 4 is 33.9 Å². The second-order valence-corrected chi connectivity index (χ2v) is 7.37. The molecular weight excluding hydrogens is 358 g/mol. The van der Waals surface area contributed by atoms with Crippen molar-refractivity contribution in [2.24, 2.45) is 0 Å². The monoisotopic (exact) mass is 381 g/mol. The number of nitrogens with one attached hydrogen (secondary N) is 1. The molecule has 0 fully saturated rings. The zero-order valence-electron chi connectivity index (χ0n) is 15.6. The largest absolute Gasteiger partial charge is 0.347 e. The molecule has 3 rings (SSSR count). The van der Waals surface area contributed by atoms with Gasteiger partial charge in [-0.15, -0.1) is 11.3 Å². The molecule has 0 unspecified atom stereocenters. The van der Waals surface area contributed by atoms with E-state index >= 15 is 0 Å². The van der Waals surface area contributed by atoms with Gasteiger partial charge in [0.2, 0.25) is 11.8 Å². The highest BCUT2D eigenvalue weighted by atomic mass is 32.1. The lowest BCUT2D eigenvalue weighted by molar-refractivity contribution is -0.132. The van der Waals surface area contributed by atoms with E-state index in [0.717, 1.165) is 33.5 Å². The Kier molecular flexibility index (Phi) is 6.19. The van der Waals surface area contributed by atoms with Crippen LogP contribution in [0.2, 0.25) is 0 Å². The maximum absolute atomic E-state index is 12.3. The normalized spacial score (nSPS) is 10.7. The molecule has 1 N–H and O–H groups in total. The van der Waals surface area contributed by atoms with Gasteiger partial charge < -0.3 is 10.2 Å². The minimum Gasteiger partial charge on any atom is -0.347 e. The van der Waals surface area contributed by atoms with Gasteiger partial charge in [0.05, 0.1) is 30.2 Å². The number of benzene rings is 2. The lowest BCUT2D eigenvalue weighted by Crippen LogP contribution is -2.38. The number of likely N-dealkylation sites (N-methyl/N-ethyl adjacent to an activating group) is 1. The Balaban J connectivity index is 1.52. The third-order valence-corrected chi connectivity index (χ3v) is 5.44. The van der Waals surface area contributed by atoms with E-state index in [-0.39, 0.29) is 24.8 Å². The first-order valence-electron chi connectivity index (χ1n) is 8.97. The second kappa shape index (κ2) is 8.77. The van der Waals surface area contributed by atoms with Crippen LogP contribution >= 0.6 is 11.3 Å². The van der Waals surface area contributed by atoms with Crippen molar-refractivity contribution in [1.82, 2.24) is 15.2 Å². The van der Waals surface area contributed by atoms with Gasteiger partial charge in [0.25, 0.3) is 0 Å². The second-order valence-electron chi connectivity index (χ2n) is 6.43. The molecule has 3 aromatic rings. The van der Waals surface area contributed by atoms with Gasteiger partial charge in [0.1, 0.15) is 0 Å². The average molecular weight is 382 g/mol. The van der Waals surface area contributed by atoms with Crippen LogP contribution in [-0.2, 0) is 29.0 Å². The van der Waals surface area contributed by atoms with Crippen molar-refractivity contribution in [2.45, 2.75) is 26.3 Å². The van der Waals surface area contributed by atoms with Gasteiger partial charge in [0.15, 0.2) is 0 Å². The van der Waals surface area contributed by atoms with E-state index in [1.165, 1.54) is 0 Å². The van der Waals surface area contributed by atoms with E-state index in [9.17, 15) is 9.59 Å². The van der Waals surface area contributed by atoms with Crippen molar-refractivity contribution in [3.63, 3.8) is 0 Å². The van der Waals surface area contributed by atoms with Crippen molar-refractivity contribution in [2.75, 3.05) is 13.6 Å². The molecule has 0 atom stereocenters. The molecule has 0 radical (unpaired) electrons. The zero-order chi connectivity index (χ0) is 19.2. The summed E-state index contributed by atoms with van der Waals surface area (Å²) in [6, 6.07) is 13.9. The summed E-state index contributed by atoms with van der Waals surface area (Å²) in [5.74, 6) is -0.289. The molecule has 0 aliphatic heterocycles. The summed E-state index contributed by atoms with van der Waals surface area (Å²) in [5.41, 5.74) is 1.84. The molecule has 1 heterocycles. The van der Waals surface area contributed by atoms with Gasteiger partial charge in [0, 0.05) is 12.4 Å². The summed E-state index contributed by atoms with van der Waals surface area (Å²) in [7, 11) is 1.73. The average Bonchev–Trinajstić information content (AvgIpc) is 3.14. The van der Waals surface area contributed by atoms with Crippen molar-refractivity contribution < 1.29 is 9.59 Å². The Bertz CT molecular complexity index is 946. The van der Waals surface area contributed by atoms with Crippen LogP contribution in [0.1, 0.15) is 23.2 Å². The number of aromatic nitrogens is 1. The number of carbonyl (C=O) groups excluding carboxylic acids is 2. The molecular formula is C21H23N3O2S. The fourth-order valence-corrected chi connectivity index (χ4v) is 3.64. The highest BCUT2D eigenvalue weighted by Crippen LogP contribution is 2.18. The van der Waals surface area contributed by atoms with Crippen LogP contribution in [0, 0.1) is 0 Å². The molecule has 6 heteroatoms. The zero-order valence-corrected chi connectivity index (χ0v) is 16.4. The molecule has 2 aromatic carbocycles. The van der Waals surface area contributed by atoms with Crippen LogP contribution in [-0.4, -0.2) is 35.3 Å². The summed E-state index contributed by atoms with van der Waals surface area (Å²) in [4.78, 5) is 30.6. The summed E-state index contributed by atoms with van der Waals surface area (Å²) in [6.07, 6.45) is 1.15. The van der Waals surface area contributed by atoms with Crippen LogP contribution in [0.15, 0.2) is 47.8 Å². The number of carbonyl (C=O) groups is 2. The fraction of sp³-hybridized carbons (Fsp3) is 0.286. The Labute approximate surface area is 163 Å². The molecule has 0 bridgehead atoms. The van der Waals surface area contributed by atoms with Gasteiger partial charge >= 0.3 is 0 Å². The van der Waals surface area contributed by atoms with E-state index in [0.29, 0.717) is 6.54 Å². The number of hydrogen-bond acceptors (Lipinski definition) is 4. The number of nitrogens with zero attached hydrogens (tertiary/aromatic N) is 2. The van der Waals surface area contributed by atoms with Crippen LogP contribution in [0.5, 0.6) is 0 Å². The molecule has 27 heavy (non-hydrogen) atoms. The predicted molar refractivity (Wildman–Crippen MR) is 109 cm³/mol. The lowest BCUT2D eigenvalue weighted by Gasteiger charge is -2.16. The molecule has 2 amide bonds. The first kappa shape index (κ1) is 19.0. The highest BCUT2D eigenvalue weighted by Gasteiger charge is 2.13. The quantitative estimate of drug-likeness (QED) is 0.684. The van der Waals surface area contributed by atoms with E-state index in [1.807, 2.05) is 47.8 Å². The summed E-state index contributed by atoms with van der Waals surface area (Å²) in [6.45, 7) is 2.50. The highest BCUT2D eigenvalue weighted by molar-refractivity contribution is 7.09. The number of thiazole rings is 1. The third-order valence-electron chi connectivity index (χ3n) is 4.39. The topological polar surface area (TPSA) is 62.3 Å². The SMILES string of the molecule is CCc1nc(CN(C)C(=O)CNC(=O)Cc2cccc3ccccc23)cs1. The third kappa shape index (κ3) is 4.92. The van der Waals surface area contributed by atoms with Gasteiger partial charge in [-0.1, -0.05) is 49.4 Å². The standard InChI is InChI=1S/C21H23N3O2S/c1-3-20-23-17(14-27-20)13-24(2)21(26)12-22-19(25)11-16-9-6-8-15-7-4-5-10-18(15)16/h4-10,14H,3,11-13H2,1-2H3,(H,22,25). The van der Waals surface area contributed by atoms with E-state index in [1.54, 1.807) is 23.3 Å². The molecule has 0 aliphatic carbocycles. The first-order valence-corrected chi connectivity index (χ1v) is 9.85. The molecule has 0 aliphatic rings. The number of hydrogen-bond donors (Lipinski definition) is 1. The van der Waals surface area contributed by atoms with Crippen molar-refractivity contribution in [1.29, 1.82) is 0 Å². The van der Waals surface area contributed by atoms with Crippen LogP contribution in [0.25, 0.3) is 10.8 Å². The van der Waals surface area contributed by atoms with Crippen molar-refractivity contribution in [3.05, 3.63) is 64.1 Å². The number of aryl methyl sites for hydroxylation is 1. The predicted octanol–water partition coefficient (Wildman–Crippen LogP) is 3.18. The van der Waals surface area contributed by atoms with Crippen molar-refractivity contribution in [3.8, 4) is 0 Å². The minimum absolute atomic E-state index is 0.00906. The van der Waals surface area contributed by atoms with Gasteiger partial charge in [-0.2, -0.15) is 0 Å². The number of fused-ring (bicyclic) bond motifs is 1. The molecule has 1 aromatic heterocycles. The molecule has 0 saturated carbocycles. The Morgan fingerprint density at radius 2 is 1.93 bits per heavy atom. The summed E-state index contributed by atoms with van der Waals surface area (Å²) >= 11 is 1.60. The Hall–Kier alpha value is -2.73. The van der Waals surface area contributed by atoms with E-state index < -0.39 is 0 Å². The molecule has 0 spiro atoms. The maximum Gasteiger partial charge on any atom is 0.242 e. The lowest BCUT2D eigenvalue weighted by atomic mass is 10.0. The van der Waals surface area contributed by atoms with Gasteiger partial charge in [-0.25, -0.2) is 4.98 Å². The number of rotatable bonds is 7. The first-order chi connectivity index (χ1) is 13.1. The van der Waals surface area contributed by atoms with Gasteiger partial charge in [-0.05, 0) is 22.8 Å². The number of amides is 2. The molecule has 5 nitrogen and oxygen atoms in total. The van der Waals surface area contributed by atoms with Crippen LogP contribution in [0.4, 0.5) is 0 Å². The maximum atomic E-state index is 12.3. The summed E-state index contributed by atoms with van der Waals surface area (Å²) in [5, 5.41) is 7.94. The van der Waals surface area contributed by atoms with E-state index in [4.69, 9.17) is 0 Å². The molecule has 0 saturated heterocycles.